The summed E-state index contributed by atoms with van der Waals surface area (Å²) in [6, 6.07) is 15.3. The molecule has 0 radical (unpaired) electrons. The summed E-state index contributed by atoms with van der Waals surface area (Å²) in [6.07, 6.45) is 2.10. The molecular weight excluding hydrogens is 370 g/mol. The third-order valence-electron chi connectivity index (χ3n) is 4.56. The Hall–Kier alpha value is -2.91. The van der Waals surface area contributed by atoms with E-state index in [1.54, 1.807) is 18.7 Å². The molecule has 29 heavy (non-hydrogen) atoms. The number of hydrogen-bond donors (Lipinski definition) is 6. The van der Waals surface area contributed by atoms with E-state index in [0.717, 1.165) is 22.3 Å². The lowest BCUT2D eigenvalue weighted by Crippen LogP contribution is -2.42. The topological polar surface area (TPSA) is 137 Å². The Bertz CT molecular complexity index is 806. The van der Waals surface area contributed by atoms with E-state index >= 15 is 0 Å². The number of nitrogens with two attached hydrogens (primary N) is 2. The van der Waals surface area contributed by atoms with Gasteiger partial charge >= 0.3 is 0 Å². The summed E-state index contributed by atoms with van der Waals surface area (Å²) in [5, 5.41) is 22.4. The van der Waals surface area contributed by atoms with Gasteiger partial charge in [-0.1, -0.05) is 48.5 Å². The first-order valence-electron chi connectivity index (χ1n) is 9.32. The molecule has 156 valence electrons. The molecule has 8 heteroatoms. The molecule has 1 atom stereocenters. The van der Waals surface area contributed by atoms with Crippen LogP contribution in [0.2, 0.25) is 0 Å². The standard InChI is InChI=1S/C21H29N5O3/c1-24-12-19(22)13-26(23)20(11-21(28)25-29)10-15-2-6-17(7-3-15)18-8-4-16(14-27)5-9-18/h2-9,13,20,24,27,29H,10-12,14,22-23H2,1H3,(H,25,28)/b19-13-. The predicted molar refractivity (Wildman–Crippen MR) is 112 cm³/mol. The Kier molecular flexibility index (Phi) is 8.63. The maximum absolute atomic E-state index is 11.7. The fourth-order valence-electron chi connectivity index (χ4n) is 3.00. The molecule has 0 heterocycles. The quantitative estimate of drug-likeness (QED) is 0.198. The van der Waals surface area contributed by atoms with Crippen molar-refractivity contribution >= 4 is 5.91 Å². The van der Waals surface area contributed by atoms with E-state index in [-0.39, 0.29) is 19.1 Å². The highest BCUT2D eigenvalue weighted by molar-refractivity contribution is 5.75. The summed E-state index contributed by atoms with van der Waals surface area (Å²) in [6.45, 7) is 0.487. The van der Waals surface area contributed by atoms with E-state index in [4.69, 9.17) is 21.9 Å². The molecule has 2 aromatic rings. The van der Waals surface area contributed by atoms with Crippen molar-refractivity contribution in [2.45, 2.75) is 25.5 Å². The molecule has 0 saturated heterocycles. The van der Waals surface area contributed by atoms with Gasteiger partial charge in [-0.3, -0.25) is 10.0 Å². The molecule has 2 aromatic carbocycles. The lowest BCUT2D eigenvalue weighted by molar-refractivity contribution is -0.130. The number of benzene rings is 2. The normalized spacial score (nSPS) is 12.5. The largest absolute Gasteiger partial charge is 0.400 e. The lowest BCUT2D eigenvalue weighted by Gasteiger charge is -2.26. The summed E-state index contributed by atoms with van der Waals surface area (Å²) in [7, 11) is 1.77. The van der Waals surface area contributed by atoms with E-state index in [2.05, 4.69) is 5.32 Å². The van der Waals surface area contributed by atoms with E-state index in [1.165, 1.54) is 5.01 Å². The van der Waals surface area contributed by atoms with Crippen LogP contribution in [0.5, 0.6) is 0 Å². The third-order valence-corrected chi connectivity index (χ3v) is 4.56. The number of hydroxylamine groups is 1. The van der Waals surface area contributed by atoms with Crippen LogP contribution in [0.1, 0.15) is 17.5 Å². The third kappa shape index (κ3) is 6.88. The fourth-order valence-corrected chi connectivity index (χ4v) is 3.00. The van der Waals surface area contributed by atoms with E-state index in [1.807, 2.05) is 48.5 Å². The van der Waals surface area contributed by atoms with Crippen LogP contribution >= 0.6 is 0 Å². The van der Waals surface area contributed by atoms with Gasteiger partial charge in [-0.2, -0.15) is 0 Å². The Balaban J connectivity index is 2.14. The number of hydrazine groups is 1. The van der Waals surface area contributed by atoms with Gasteiger partial charge in [0.2, 0.25) is 5.91 Å². The zero-order chi connectivity index (χ0) is 21.2. The van der Waals surface area contributed by atoms with Gasteiger partial charge in [0.25, 0.3) is 0 Å². The van der Waals surface area contributed by atoms with Gasteiger partial charge in [0.05, 0.1) is 19.1 Å². The average Bonchev–Trinajstić information content (AvgIpc) is 2.73. The molecule has 0 spiro atoms. The predicted octanol–water partition coefficient (Wildman–Crippen LogP) is 0.848. The summed E-state index contributed by atoms with van der Waals surface area (Å²) in [4.78, 5) is 11.7. The molecular formula is C21H29N5O3. The first-order chi connectivity index (χ1) is 14.0. The number of nitrogens with one attached hydrogen (secondary N) is 2. The van der Waals surface area contributed by atoms with E-state index in [9.17, 15) is 4.79 Å². The van der Waals surface area contributed by atoms with Crippen LogP contribution in [0.15, 0.2) is 60.4 Å². The second kappa shape index (κ2) is 11.2. The van der Waals surface area contributed by atoms with Gasteiger partial charge in [0, 0.05) is 18.4 Å². The molecule has 0 bridgehead atoms. The number of likely N-dealkylation sites (N-methyl/N-ethyl adjacent to an activating group) is 1. The molecule has 0 aliphatic carbocycles. The molecule has 0 fully saturated rings. The smallest absolute Gasteiger partial charge is 0.245 e. The number of amides is 1. The van der Waals surface area contributed by atoms with Crippen LogP contribution in [0.25, 0.3) is 11.1 Å². The van der Waals surface area contributed by atoms with Crippen LogP contribution in [0.4, 0.5) is 0 Å². The van der Waals surface area contributed by atoms with Gasteiger partial charge in [-0.15, -0.1) is 0 Å². The monoisotopic (exact) mass is 399 g/mol. The highest BCUT2D eigenvalue weighted by Crippen LogP contribution is 2.21. The van der Waals surface area contributed by atoms with Crippen LogP contribution in [0, 0.1) is 0 Å². The minimum absolute atomic E-state index is 0.0146. The van der Waals surface area contributed by atoms with Gasteiger partial charge in [-0.25, -0.2) is 11.3 Å². The molecule has 1 unspecified atom stereocenters. The number of rotatable bonds is 10. The van der Waals surface area contributed by atoms with Crippen LogP contribution in [-0.4, -0.2) is 40.9 Å². The van der Waals surface area contributed by atoms with Crippen LogP contribution < -0.4 is 22.4 Å². The maximum Gasteiger partial charge on any atom is 0.245 e. The van der Waals surface area contributed by atoms with Crippen LogP contribution in [-0.2, 0) is 17.8 Å². The maximum atomic E-state index is 11.7. The van der Waals surface area contributed by atoms with Crippen molar-refractivity contribution < 1.29 is 15.1 Å². The van der Waals surface area contributed by atoms with Crippen molar-refractivity contribution in [3.8, 4) is 11.1 Å². The Labute approximate surface area is 170 Å². The number of hydrogen-bond acceptors (Lipinski definition) is 7. The van der Waals surface area contributed by atoms with Gasteiger partial charge in [0.1, 0.15) is 0 Å². The molecule has 8 nitrogen and oxygen atoms in total. The minimum atomic E-state index is -0.522. The van der Waals surface area contributed by atoms with Gasteiger partial charge < -0.3 is 21.2 Å². The molecule has 1 amide bonds. The van der Waals surface area contributed by atoms with Crippen molar-refractivity contribution in [2.24, 2.45) is 11.6 Å². The summed E-state index contributed by atoms with van der Waals surface area (Å²) >= 11 is 0. The number of aliphatic hydroxyl groups excluding tert-OH is 1. The Morgan fingerprint density at radius 2 is 1.66 bits per heavy atom. The summed E-state index contributed by atoms with van der Waals surface area (Å²) < 4.78 is 0. The number of aliphatic hydroxyl groups is 1. The molecule has 8 N–H and O–H groups in total. The zero-order valence-electron chi connectivity index (χ0n) is 16.5. The van der Waals surface area contributed by atoms with Crippen molar-refractivity contribution in [1.29, 1.82) is 0 Å². The van der Waals surface area contributed by atoms with Crippen molar-refractivity contribution in [1.82, 2.24) is 15.8 Å². The molecule has 0 aromatic heterocycles. The minimum Gasteiger partial charge on any atom is -0.400 e. The second-order valence-electron chi connectivity index (χ2n) is 6.83. The Morgan fingerprint density at radius 3 is 2.14 bits per heavy atom. The van der Waals surface area contributed by atoms with Gasteiger partial charge in [0.15, 0.2) is 0 Å². The van der Waals surface area contributed by atoms with Gasteiger partial charge in [-0.05, 0) is 35.7 Å². The molecule has 2 rings (SSSR count). The summed E-state index contributed by atoms with van der Waals surface area (Å²) in [5.41, 5.74) is 12.0. The first kappa shape index (κ1) is 22.4. The molecule has 0 saturated carbocycles. The Morgan fingerprint density at radius 1 is 1.10 bits per heavy atom. The average molecular weight is 399 g/mol. The van der Waals surface area contributed by atoms with Crippen molar-refractivity contribution in [2.75, 3.05) is 13.6 Å². The number of carbonyl (C=O) groups excluding carboxylic acids is 1. The van der Waals surface area contributed by atoms with E-state index < -0.39 is 5.91 Å². The van der Waals surface area contributed by atoms with Crippen molar-refractivity contribution in [3.63, 3.8) is 0 Å². The molecule has 0 aliphatic heterocycles. The second-order valence-corrected chi connectivity index (χ2v) is 6.83. The SMILES string of the molecule is CNC/C(N)=C/N(N)C(CC(=O)NO)Cc1ccc(-c2ccc(CO)cc2)cc1. The van der Waals surface area contributed by atoms with E-state index in [0.29, 0.717) is 18.7 Å². The first-order valence-corrected chi connectivity index (χ1v) is 9.32. The lowest BCUT2D eigenvalue weighted by atomic mass is 9.98. The zero-order valence-corrected chi connectivity index (χ0v) is 16.5. The molecule has 0 aliphatic rings. The fraction of sp³-hybridized carbons (Fsp3) is 0.286. The van der Waals surface area contributed by atoms with Crippen molar-refractivity contribution in [3.05, 3.63) is 71.6 Å². The summed E-state index contributed by atoms with van der Waals surface area (Å²) in [5.74, 6) is 5.59. The number of carbonyl (C=O) groups is 1. The van der Waals surface area contributed by atoms with Crippen LogP contribution in [0.3, 0.4) is 0 Å². The number of nitrogens with zero attached hydrogens (tertiary/aromatic N) is 1. The highest BCUT2D eigenvalue weighted by Gasteiger charge is 2.18. The highest BCUT2D eigenvalue weighted by atomic mass is 16.5.